The number of esters is 1. The molecule has 0 N–H and O–H groups in total. The Morgan fingerprint density at radius 2 is 1.35 bits per heavy atom. The molecule has 3 nitrogen and oxygen atoms in total. The molecule has 0 amide bonds. The standard InChI is InChI=1S/C24H18O3S4/c1-3-19(25)15-11-17(21-10-14-6-8-29-24(14)31-21)18(22(26)27-4-2)12-16(15)20-9-13-5-7-28-23(13)30-20/h5-12H,3-4H2,1-2H3. The Kier molecular flexibility index (Phi) is 5.52. The molecular formula is C24H18O3S4. The van der Waals surface area contributed by atoms with Crippen LogP contribution < -0.4 is 0 Å². The summed E-state index contributed by atoms with van der Waals surface area (Å²) in [7, 11) is 0. The number of hydrogen-bond acceptors (Lipinski definition) is 7. The normalized spacial score (nSPS) is 11.4. The number of hydrogen-bond donors (Lipinski definition) is 0. The average molecular weight is 483 g/mol. The highest BCUT2D eigenvalue weighted by atomic mass is 32.2. The van der Waals surface area contributed by atoms with Gasteiger partial charge < -0.3 is 4.74 Å². The quantitative estimate of drug-likeness (QED) is 0.180. The lowest BCUT2D eigenvalue weighted by molar-refractivity contribution is 0.0527. The first-order chi connectivity index (χ1) is 15.1. The molecule has 1 aromatic carbocycles. The summed E-state index contributed by atoms with van der Waals surface area (Å²) in [6.07, 6.45) is 0.407. The number of ether oxygens (including phenoxy) is 1. The number of rotatable bonds is 6. The van der Waals surface area contributed by atoms with E-state index in [9.17, 15) is 9.59 Å². The molecule has 0 fully saturated rings. The number of benzene rings is 1. The molecule has 0 saturated carbocycles. The van der Waals surface area contributed by atoms with Gasteiger partial charge in [-0.05, 0) is 54.1 Å². The summed E-state index contributed by atoms with van der Waals surface area (Å²) in [6.45, 7) is 3.98. The summed E-state index contributed by atoms with van der Waals surface area (Å²) in [5.74, 6) is -0.286. The second kappa shape index (κ2) is 8.31. The maximum Gasteiger partial charge on any atom is 0.338 e. The van der Waals surface area contributed by atoms with E-state index in [2.05, 4.69) is 35.0 Å². The molecule has 5 aromatic rings. The fourth-order valence-corrected chi connectivity index (χ4v) is 7.88. The van der Waals surface area contributed by atoms with Gasteiger partial charge in [-0.15, -0.1) is 45.3 Å². The molecular weight excluding hydrogens is 465 g/mol. The van der Waals surface area contributed by atoms with E-state index in [1.54, 1.807) is 45.3 Å². The number of Topliss-reactive ketones (excluding diaryl/α,β-unsaturated/α-hetero) is 1. The topological polar surface area (TPSA) is 43.4 Å². The van der Waals surface area contributed by atoms with Crippen LogP contribution in [0.25, 0.3) is 39.7 Å². The Morgan fingerprint density at radius 3 is 1.87 bits per heavy atom. The van der Waals surface area contributed by atoms with Crippen LogP contribution in [0.4, 0.5) is 0 Å². The summed E-state index contributed by atoms with van der Waals surface area (Å²) in [5, 5.41) is 6.46. The van der Waals surface area contributed by atoms with E-state index in [1.165, 1.54) is 13.4 Å². The second-order valence-electron chi connectivity index (χ2n) is 6.99. The van der Waals surface area contributed by atoms with Crippen LogP contribution in [-0.2, 0) is 4.74 Å². The summed E-state index contributed by atoms with van der Waals surface area (Å²) < 4.78 is 7.81. The van der Waals surface area contributed by atoms with E-state index in [4.69, 9.17) is 4.74 Å². The van der Waals surface area contributed by atoms with Crippen LogP contribution in [0.3, 0.4) is 0 Å². The van der Waals surface area contributed by atoms with Gasteiger partial charge in [-0.3, -0.25) is 4.79 Å². The molecule has 0 aliphatic carbocycles. The van der Waals surface area contributed by atoms with Gasteiger partial charge in [0.05, 0.1) is 20.2 Å². The SMILES string of the molecule is CCOC(=O)c1cc(-c2cc3ccsc3s2)c(C(=O)CC)cc1-c1cc2ccsc2s1. The van der Waals surface area contributed by atoms with Gasteiger partial charge in [-0.25, -0.2) is 4.79 Å². The van der Waals surface area contributed by atoms with Gasteiger partial charge in [0.1, 0.15) is 0 Å². The largest absolute Gasteiger partial charge is 0.462 e. The van der Waals surface area contributed by atoms with Gasteiger partial charge >= 0.3 is 5.97 Å². The molecule has 7 heteroatoms. The number of carbonyl (C=O) groups excluding carboxylic acids is 2. The van der Waals surface area contributed by atoms with Gasteiger partial charge in [-0.2, -0.15) is 0 Å². The highest BCUT2D eigenvalue weighted by molar-refractivity contribution is 7.39. The van der Waals surface area contributed by atoms with Crippen molar-refractivity contribution in [1.29, 1.82) is 0 Å². The van der Waals surface area contributed by atoms with Crippen molar-refractivity contribution >= 4 is 75.9 Å². The predicted octanol–water partition coefficient (Wildman–Crippen LogP) is 8.34. The van der Waals surface area contributed by atoms with Crippen LogP contribution in [0.1, 0.15) is 41.0 Å². The van der Waals surface area contributed by atoms with Crippen molar-refractivity contribution in [2.75, 3.05) is 6.61 Å². The van der Waals surface area contributed by atoms with E-state index in [0.717, 1.165) is 26.3 Å². The van der Waals surface area contributed by atoms with Crippen molar-refractivity contribution in [3.8, 4) is 20.9 Å². The first kappa shape index (κ1) is 20.6. The number of thiophene rings is 4. The molecule has 0 aliphatic rings. The van der Waals surface area contributed by atoms with Crippen LogP contribution in [0.2, 0.25) is 0 Å². The zero-order chi connectivity index (χ0) is 21.5. The number of fused-ring (bicyclic) bond motifs is 2. The number of ketones is 1. The highest BCUT2D eigenvalue weighted by Gasteiger charge is 2.23. The fraction of sp³-hybridized carbons (Fsp3) is 0.167. The molecule has 0 bridgehead atoms. The van der Waals surface area contributed by atoms with Crippen LogP contribution >= 0.6 is 45.3 Å². The minimum absolute atomic E-state index is 0.0711. The molecule has 0 aliphatic heterocycles. The summed E-state index contributed by atoms with van der Waals surface area (Å²) in [6, 6.07) is 12.1. The maximum atomic E-state index is 13.0. The second-order valence-corrected chi connectivity index (χ2v) is 11.4. The van der Waals surface area contributed by atoms with Crippen molar-refractivity contribution in [3.63, 3.8) is 0 Å². The molecule has 4 aromatic heterocycles. The van der Waals surface area contributed by atoms with Crippen LogP contribution in [0.15, 0.2) is 47.2 Å². The lowest BCUT2D eigenvalue weighted by Gasteiger charge is -2.14. The lowest BCUT2D eigenvalue weighted by Crippen LogP contribution is -2.09. The van der Waals surface area contributed by atoms with Crippen LogP contribution in [0, 0.1) is 0 Å². The average Bonchev–Trinajstić information content (AvgIpc) is 3.52. The Balaban J connectivity index is 1.77. The van der Waals surface area contributed by atoms with E-state index < -0.39 is 0 Å². The Labute approximate surface area is 195 Å². The van der Waals surface area contributed by atoms with E-state index in [0.29, 0.717) is 24.2 Å². The predicted molar refractivity (Wildman–Crippen MR) is 134 cm³/mol. The van der Waals surface area contributed by atoms with Gasteiger partial charge in [0.15, 0.2) is 5.78 Å². The third kappa shape index (κ3) is 3.65. The van der Waals surface area contributed by atoms with Gasteiger partial charge in [0.2, 0.25) is 0 Å². The summed E-state index contributed by atoms with van der Waals surface area (Å²) in [4.78, 5) is 27.9. The Hall–Kier alpha value is -2.32. The van der Waals surface area contributed by atoms with E-state index in [-0.39, 0.29) is 11.8 Å². The minimum atomic E-state index is -0.357. The third-order valence-electron chi connectivity index (χ3n) is 5.10. The first-order valence-corrected chi connectivity index (χ1v) is 13.3. The highest BCUT2D eigenvalue weighted by Crippen LogP contribution is 2.43. The molecule has 5 rings (SSSR count). The summed E-state index contributed by atoms with van der Waals surface area (Å²) >= 11 is 6.68. The zero-order valence-corrected chi connectivity index (χ0v) is 20.2. The van der Waals surface area contributed by atoms with Crippen LogP contribution in [-0.4, -0.2) is 18.4 Å². The fourth-order valence-electron chi connectivity index (χ4n) is 3.60. The Morgan fingerprint density at radius 1 is 0.806 bits per heavy atom. The lowest BCUT2D eigenvalue weighted by atomic mass is 9.93. The third-order valence-corrected chi connectivity index (χ3v) is 9.58. The van der Waals surface area contributed by atoms with Gasteiger partial charge in [-0.1, -0.05) is 6.92 Å². The molecule has 156 valence electrons. The maximum absolute atomic E-state index is 13.0. The van der Waals surface area contributed by atoms with Crippen LogP contribution in [0.5, 0.6) is 0 Å². The smallest absolute Gasteiger partial charge is 0.338 e. The first-order valence-electron chi connectivity index (χ1n) is 9.92. The van der Waals surface area contributed by atoms with Crippen molar-refractivity contribution < 1.29 is 14.3 Å². The molecule has 0 atom stereocenters. The molecule has 0 saturated heterocycles. The molecule has 31 heavy (non-hydrogen) atoms. The minimum Gasteiger partial charge on any atom is -0.462 e. The summed E-state index contributed by atoms with van der Waals surface area (Å²) in [5.41, 5.74) is 2.75. The number of carbonyl (C=O) groups is 2. The van der Waals surface area contributed by atoms with Crippen molar-refractivity contribution in [2.45, 2.75) is 20.3 Å². The molecule has 0 spiro atoms. The van der Waals surface area contributed by atoms with E-state index in [1.807, 2.05) is 26.0 Å². The molecule has 4 heterocycles. The zero-order valence-electron chi connectivity index (χ0n) is 16.9. The van der Waals surface area contributed by atoms with Gasteiger partial charge in [0, 0.05) is 43.6 Å². The monoisotopic (exact) mass is 482 g/mol. The molecule has 0 radical (unpaired) electrons. The Bertz CT molecular complexity index is 1370. The van der Waals surface area contributed by atoms with Crippen molar-refractivity contribution in [3.05, 3.63) is 58.3 Å². The van der Waals surface area contributed by atoms with E-state index >= 15 is 0 Å². The van der Waals surface area contributed by atoms with Crippen molar-refractivity contribution in [2.24, 2.45) is 0 Å². The van der Waals surface area contributed by atoms with Crippen molar-refractivity contribution in [1.82, 2.24) is 0 Å². The van der Waals surface area contributed by atoms with Gasteiger partial charge in [0.25, 0.3) is 0 Å². The molecule has 0 unspecified atom stereocenters.